The van der Waals surface area contributed by atoms with E-state index in [9.17, 15) is 0 Å². The Morgan fingerprint density at radius 2 is 1.58 bits per heavy atom. The second kappa shape index (κ2) is 59.7. The Labute approximate surface area is 90.7 Å². The van der Waals surface area contributed by atoms with Crippen LogP contribution in [-0.4, -0.2) is 21.2 Å². The third-order valence-electron chi connectivity index (χ3n) is 0.589. The molecular weight excluding hydrogens is 250 g/mol. The Bertz CT molecular complexity index is 40.6. The van der Waals surface area contributed by atoms with Crippen LogP contribution in [0.25, 0.3) is 0 Å². The van der Waals surface area contributed by atoms with Crippen LogP contribution in [0.15, 0.2) is 0 Å². The molecule has 0 atom stereocenters. The van der Waals surface area contributed by atoms with Gasteiger partial charge in [0, 0.05) is 0 Å². The summed E-state index contributed by atoms with van der Waals surface area (Å²) in [5.41, 5.74) is 0. The van der Waals surface area contributed by atoms with Crippen LogP contribution in [0, 0.1) is 0 Å². The number of hydrogen-bond acceptors (Lipinski definition) is 5. The molecule has 0 aliphatic rings. The molecule has 0 bridgehead atoms. The Hall–Kier alpha value is 0.804. The first-order valence-electron chi connectivity index (χ1n) is 2.70. The van der Waals surface area contributed by atoms with Gasteiger partial charge >= 0.3 is 21.0 Å². The summed E-state index contributed by atoms with van der Waals surface area (Å²) in [6.07, 6.45) is 2.01. The van der Waals surface area contributed by atoms with Crippen molar-refractivity contribution in [3.8, 4) is 0 Å². The van der Waals surface area contributed by atoms with Gasteiger partial charge in [0.15, 0.2) is 0 Å². The van der Waals surface area contributed by atoms with Gasteiger partial charge in [-0.3, -0.25) is 14.6 Å². The fourth-order valence-corrected chi connectivity index (χ4v) is 0.209. The van der Waals surface area contributed by atoms with Gasteiger partial charge in [-0.2, -0.15) is 0 Å². The Balaban J connectivity index is -0.0000000453. The van der Waals surface area contributed by atoms with Gasteiger partial charge in [0.25, 0.3) is 0 Å². The summed E-state index contributed by atoms with van der Waals surface area (Å²) in [5.74, 6) is 0. The fraction of sp³-hybridized carbons (Fsp3) is 1.00. The maximum atomic E-state index is 8.19. The number of unbranched alkanes of at least 4 members (excludes halogenated alkanes) is 1. The maximum absolute atomic E-state index is 8.19. The van der Waals surface area contributed by atoms with Crippen molar-refractivity contribution in [1.29, 1.82) is 0 Å². The molecule has 5 nitrogen and oxygen atoms in total. The quantitative estimate of drug-likeness (QED) is 0.406. The van der Waals surface area contributed by atoms with E-state index in [1.54, 1.807) is 0 Å². The summed E-state index contributed by atoms with van der Waals surface area (Å²) >= 11 is 8.34. The molecule has 12 heavy (non-hydrogen) atoms. The van der Waals surface area contributed by atoms with Crippen LogP contribution in [0.4, 0.5) is 0 Å². The second-order valence-corrected chi connectivity index (χ2v) is 1.19. The van der Waals surface area contributed by atoms with Gasteiger partial charge in [-0.25, -0.2) is 4.89 Å². The van der Waals surface area contributed by atoms with Crippen molar-refractivity contribution in [2.45, 2.75) is 19.8 Å². The first kappa shape index (κ1) is 23.0. The zero-order valence-corrected chi connectivity index (χ0v) is 9.39. The summed E-state index contributed by atoms with van der Waals surface area (Å²) in [4.78, 5) is 3.78. The van der Waals surface area contributed by atoms with Crippen LogP contribution in [0.2, 0.25) is 0 Å². The summed E-state index contributed by atoms with van der Waals surface area (Å²) in [6, 6.07) is 0. The molecule has 0 heterocycles. The van der Waals surface area contributed by atoms with Gasteiger partial charge in [0.2, 0.25) is 0 Å². The normalized spacial score (nSPS) is 5.75. The van der Waals surface area contributed by atoms with Crippen LogP contribution in [0.1, 0.15) is 19.8 Å². The van der Waals surface area contributed by atoms with E-state index in [0.717, 1.165) is 30.2 Å². The first-order valence-corrected chi connectivity index (χ1v) is 3.95. The molecule has 0 amide bonds. The zero-order chi connectivity index (χ0) is 10.8. The van der Waals surface area contributed by atoms with E-state index in [1.165, 1.54) is 0 Å². The van der Waals surface area contributed by atoms with Gasteiger partial charge in [0.05, 0.1) is 30.3 Å². The molecule has 0 aliphatic heterocycles. The van der Waals surface area contributed by atoms with Crippen LogP contribution >= 0.6 is 23.7 Å². The number of halogens is 2. The minimum absolute atomic E-state index is 0.469. The Morgan fingerprint density at radius 1 is 1.25 bits per heavy atom. The molecule has 77 valence electrons. The SMILES string of the molecule is CCCCOO.OCl.OCl.[O]=[V]. The van der Waals surface area contributed by atoms with Crippen molar-refractivity contribution < 1.29 is 40.5 Å². The molecule has 8 heteroatoms. The van der Waals surface area contributed by atoms with Crippen molar-refractivity contribution in [3.63, 3.8) is 0 Å². The molecule has 3 N–H and O–H groups in total. The third-order valence-corrected chi connectivity index (χ3v) is 0.589. The van der Waals surface area contributed by atoms with Crippen LogP contribution < -0.4 is 0 Å². The molecule has 0 aliphatic carbocycles. The molecule has 0 aromatic heterocycles. The summed E-state index contributed by atoms with van der Waals surface area (Å²) in [6.45, 7) is 2.51. The summed E-state index contributed by atoms with van der Waals surface area (Å²) in [7, 11) is 0. The predicted molar refractivity (Wildman–Crippen MR) is 40.3 cm³/mol. The second-order valence-electron chi connectivity index (χ2n) is 1.19. The third kappa shape index (κ3) is 71.8. The van der Waals surface area contributed by atoms with E-state index < -0.39 is 0 Å². The van der Waals surface area contributed by atoms with Crippen molar-refractivity contribution in [2.75, 3.05) is 6.61 Å². The van der Waals surface area contributed by atoms with Crippen LogP contribution in [0.3, 0.4) is 0 Å². The Kier molecular flexibility index (Phi) is 115. The molecule has 0 saturated heterocycles. The average Bonchev–Trinajstić information content (AvgIpc) is 2.24. The topological polar surface area (TPSA) is 87.0 Å². The summed E-state index contributed by atoms with van der Waals surface area (Å²) in [5, 5.41) is 7.70. The van der Waals surface area contributed by atoms with E-state index >= 15 is 0 Å². The van der Waals surface area contributed by atoms with Crippen molar-refractivity contribution in [2.24, 2.45) is 0 Å². The zero-order valence-electron chi connectivity index (χ0n) is 6.48. The Morgan fingerprint density at radius 3 is 1.67 bits per heavy atom. The standard InChI is InChI=1S/C4H10O2.2ClHO.O.V/c1-2-3-4-6-5;2*1-2;;/h5H,2-4H2,1H3;2*2H;;. The van der Waals surface area contributed by atoms with E-state index in [-0.39, 0.29) is 0 Å². The van der Waals surface area contributed by atoms with Crippen molar-refractivity contribution >= 4 is 23.7 Å². The van der Waals surface area contributed by atoms with E-state index in [4.69, 9.17) is 18.2 Å². The van der Waals surface area contributed by atoms with Crippen molar-refractivity contribution in [3.05, 3.63) is 0 Å². The molecule has 0 aromatic rings. The van der Waals surface area contributed by atoms with Gasteiger partial charge in [-0.1, -0.05) is 13.3 Å². The molecule has 0 rings (SSSR count). The molecule has 0 aromatic carbocycles. The molecule has 0 spiro atoms. The van der Waals surface area contributed by atoms with Crippen LogP contribution in [-0.2, 0) is 25.9 Å². The predicted octanol–water partition coefficient (Wildman–Crippen LogP) is 1.42. The first-order chi connectivity index (χ1) is 5.91. The summed E-state index contributed by atoms with van der Waals surface area (Å²) < 4.78 is 21.1. The van der Waals surface area contributed by atoms with Crippen LogP contribution in [0.5, 0.6) is 0 Å². The van der Waals surface area contributed by atoms with Crippen molar-refractivity contribution in [1.82, 2.24) is 0 Å². The number of rotatable bonds is 3. The number of hydrogen-bond donors (Lipinski definition) is 3. The molecule has 0 unspecified atom stereocenters. The monoisotopic (exact) mass is 261 g/mol. The molecule has 0 saturated carbocycles. The minimum atomic E-state index is 0.469. The van der Waals surface area contributed by atoms with Gasteiger partial charge in [-0.15, -0.1) is 0 Å². The van der Waals surface area contributed by atoms with Gasteiger partial charge in [-0.05, 0) is 6.42 Å². The van der Waals surface area contributed by atoms with Gasteiger partial charge < -0.3 is 0 Å². The van der Waals surface area contributed by atoms with E-state index in [1.807, 2.05) is 6.92 Å². The molecular formula is C4H12Cl2O5V. The average molecular weight is 262 g/mol. The molecule has 0 radical (unpaired) electrons. The van der Waals surface area contributed by atoms with E-state index in [2.05, 4.69) is 28.6 Å². The van der Waals surface area contributed by atoms with Gasteiger partial charge in [0.1, 0.15) is 0 Å². The van der Waals surface area contributed by atoms with E-state index in [0.29, 0.717) is 6.61 Å². The molecule has 0 fully saturated rings. The fourth-order valence-electron chi connectivity index (χ4n) is 0.209.